The molecule has 0 aliphatic carbocycles. The third-order valence-corrected chi connectivity index (χ3v) is 5.17. The van der Waals surface area contributed by atoms with E-state index in [4.69, 9.17) is 0 Å². The van der Waals surface area contributed by atoms with Gasteiger partial charge in [-0.3, -0.25) is 0 Å². The summed E-state index contributed by atoms with van der Waals surface area (Å²) in [7, 11) is 0. The van der Waals surface area contributed by atoms with Gasteiger partial charge >= 0.3 is 0 Å². The molecular formula is C15H13BrFNS. The highest BCUT2D eigenvalue weighted by molar-refractivity contribution is 9.10. The molecule has 0 spiro atoms. The monoisotopic (exact) mass is 337 g/mol. The third-order valence-electron chi connectivity index (χ3n) is 3.16. The Morgan fingerprint density at radius 2 is 2.11 bits per heavy atom. The van der Waals surface area contributed by atoms with Gasteiger partial charge < -0.3 is 5.32 Å². The molecule has 0 radical (unpaired) electrons. The molecule has 0 amide bonds. The average molecular weight is 338 g/mol. The fraction of sp³-hybridized carbons (Fsp3) is 0.200. The maximum absolute atomic E-state index is 13.2. The van der Waals surface area contributed by atoms with Crippen molar-refractivity contribution in [3.8, 4) is 0 Å². The number of benzene rings is 2. The zero-order chi connectivity index (χ0) is 13.2. The van der Waals surface area contributed by atoms with Crippen LogP contribution < -0.4 is 5.32 Å². The second kappa shape index (κ2) is 5.55. The minimum Gasteiger partial charge on any atom is -0.383 e. The van der Waals surface area contributed by atoms with Crippen LogP contribution in [0, 0.1) is 5.82 Å². The van der Waals surface area contributed by atoms with Crippen molar-refractivity contribution in [1.82, 2.24) is 0 Å². The van der Waals surface area contributed by atoms with E-state index in [1.165, 1.54) is 22.6 Å². The molecule has 0 bridgehead atoms. The highest BCUT2D eigenvalue weighted by Crippen LogP contribution is 2.37. The number of rotatable bonds is 3. The first-order chi connectivity index (χ1) is 9.22. The normalized spacial score (nSPS) is 17.3. The Balaban J connectivity index is 1.64. The summed E-state index contributed by atoms with van der Waals surface area (Å²) in [6, 6.07) is 13.2. The average Bonchev–Trinajstić information content (AvgIpc) is 2.82. The van der Waals surface area contributed by atoms with Crippen LogP contribution in [0.15, 0.2) is 51.8 Å². The summed E-state index contributed by atoms with van der Waals surface area (Å²) < 4.78 is 14.1. The van der Waals surface area contributed by atoms with Crippen LogP contribution in [0.1, 0.15) is 5.56 Å². The number of halogens is 2. The van der Waals surface area contributed by atoms with Crippen LogP contribution in [0.4, 0.5) is 10.1 Å². The van der Waals surface area contributed by atoms with Gasteiger partial charge in [-0.05, 0) is 52.2 Å². The molecule has 4 heteroatoms. The van der Waals surface area contributed by atoms with Crippen molar-refractivity contribution in [2.75, 3.05) is 11.9 Å². The third kappa shape index (κ3) is 2.95. The van der Waals surface area contributed by atoms with Crippen LogP contribution in [0.25, 0.3) is 0 Å². The predicted octanol–water partition coefficient (Wildman–Crippen LogP) is 4.72. The van der Waals surface area contributed by atoms with Gasteiger partial charge in [0.15, 0.2) is 0 Å². The Morgan fingerprint density at radius 1 is 1.26 bits per heavy atom. The van der Waals surface area contributed by atoms with Crippen molar-refractivity contribution in [2.24, 2.45) is 0 Å². The molecular weight excluding hydrogens is 325 g/mol. The van der Waals surface area contributed by atoms with E-state index in [1.807, 2.05) is 11.8 Å². The Labute approximate surface area is 124 Å². The van der Waals surface area contributed by atoms with E-state index in [1.54, 1.807) is 6.07 Å². The first kappa shape index (κ1) is 13.0. The molecule has 1 N–H and O–H groups in total. The van der Waals surface area contributed by atoms with Gasteiger partial charge in [0, 0.05) is 21.2 Å². The van der Waals surface area contributed by atoms with E-state index in [0.717, 1.165) is 23.1 Å². The van der Waals surface area contributed by atoms with Crippen molar-refractivity contribution < 1.29 is 4.39 Å². The van der Waals surface area contributed by atoms with Gasteiger partial charge in [-0.15, -0.1) is 11.8 Å². The second-order valence-corrected chi connectivity index (χ2v) is 6.75. The van der Waals surface area contributed by atoms with Gasteiger partial charge in [-0.1, -0.05) is 18.2 Å². The van der Waals surface area contributed by atoms with Crippen molar-refractivity contribution in [3.05, 3.63) is 58.3 Å². The highest BCUT2D eigenvalue weighted by atomic mass is 79.9. The zero-order valence-corrected chi connectivity index (χ0v) is 12.6. The lowest BCUT2D eigenvalue weighted by Gasteiger charge is -2.12. The van der Waals surface area contributed by atoms with Crippen LogP contribution in [0.5, 0.6) is 0 Å². The lowest BCUT2D eigenvalue weighted by Crippen LogP contribution is -2.16. The molecule has 1 unspecified atom stereocenters. The van der Waals surface area contributed by atoms with E-state index < -0.39 is 0 Å². The van der Waals surface area contributed by atoms with Gasteiger partial charge in [0.1, 0.15) is 5.82 Å². The Morgan fingerprint density at radius 3 is 2.95 bits per heavy atom. The predicted molar refractivity (Wildman–Crippen MR) is 82.4 cm³/mol. The number of thioether (sulfide) groups is 1. The van der Waals surface area contributed by atoms with Gasteiger partial charge in [-0.2, -0.15) is 0 Å². The highest BCUT2D eigenvalue weighted by Gasteiger charge is 2.21. The SMILES string of the molecule is Fc1ccc(Br)c(NCC2Cc3ccccc3S2)c1. The van der Waals surface area contributed by atoms with E-state index in [0.29, 0.717) is 5.25 Å². The largest absolute Gasteiger partial charge is 0.383 e. The topological polar surface area (TPSA) is 12.0 Å². The van der Waals surface area contributed by atoms with Gasteiger partial charge in [0.05, 0.1) is 5.69 Å². The summed E-state index contributed by atoms with van der Waals surface area (Å²) in [6.45, 7) is 0.835. The van der Waals surface area contributed by atoms with Crippen LogP contribution in [-0.2, 0) is 6.42 Å². The first-order valence-corrected chi connectivity index (χ1v) is 7.83. The molecule has 98 valence electrons. The molecule has 19 heavy (non-hydrogen) atoms. The molecule has 1 aliphatic rings. The first-order valence-electron chi connectivity index (χ1n) is 6.16. The van der Waals surface area contributed by atoms with Crippen LogP contribution in [0.2, 0.25) is 0 Å². The van der Waals surface area contributed by atoms with Crippen molar-refractivity contribution >= 4 is 33.4 Å². The Hall–Kier alpha value is -1.00. The molecule has 0 aromatic heterocycles. The van der Waals surface area contributed by atoms with E-state index in [9.17, 15) is 4.39 Å². The number of anilines is 1. The zero-order valence-electron chi connectivity index (χ0n) is 10.2. The second-order valence-electron chi connectivity index (χ2n) is 4.56. The van der Waals surface area contributed by atoms with E-state index in [2.05, 4.69) is 45.5 Å². The number of fused-ring (bicyclic) bond motifs is 1. The van der Waals surface area contributed by atoms with Gasteiger partial charge in [-0.25, -0.2) is 4.39 Å². The van der Waals surface area contributed by atoms with E-state index in [-0.39, 0.29) is 5.82 Å². The van der Waals surface area contributed by atoms with Gasteiger partial charge in [0.25, 0.3) is 0 Å². The molecule has 1 nitrogen and oxygen atoms in total. The molecule has 0 fully saturated rings. The standard InChI is InChI=1S/C15H13BrFNS/c16-13-6-5-11(17)8-14(13)18-9-12-7-10-3-1-2-4-15(10)19-12/h1-6,8,12,18H,7,9H2. The van der Waals surface area contributed by atoms with Crippen LogP contribution >= 0.6 is 27.7 Å². The summed E-state index contributed by atoms with van der Waals surface area (Å²) in [5, 5.41) is 3.83. The Bertz CT molecular complexity index is 577. The quantitative estimate of drug-likeness (QED) is 0.869. The molecule has 0 saturated carbocycles. The summed E-state index contributed by atoms with van der Waals surface area (Å²) in [5.41, 5.74) is 2.23. The fourth-order valence-electron chi connectivity index (χ4n) is 2.22. The lowest BCUT2D eigenvalue weighted by molar-refractivity contribution is 0.628. The molecule has 1 heterocycles. The minimum absolute atomic E-state index is 0.215. The number of hydrogen-bond acceptors (Lipinski definition) is 2. The molecule has 2 aromatic rings. The molecule has 2 aromatic carbocycles. The number of hydrogen-bond donors (Lipinski definition) is 1. The maximum atomic E-state index is 13.2. The lowest BCUT2D eigenvalue weighted by atomic mass is 10.1. The minimum atomic E-state index is -0.215. The maximum Gasteiger partial charge on any atom is 0.125 e. The fourth-order valence-corrected chi connectivity index (χ4v) is 3.86. The summed E-state index contributed by atoms with van der Waals surface area (Å²) in [4.78, 5) is 1.37. The van der Waals surface area contributed by atoms with Crippen LogP contribution in [0.3, 0.4) is 0 Å². The van der Waals surface area contributed by atoms with Crippen molar-refractivity contribution in [1.29, 1.82) is 0 Å². The summed E-state index contributed by atoms with van der Waals surface area (Å²) >= 11 is 5.33. The summed E-state index contributed by atoms with van der Waals surface area (Å²) in [5.74, 6) is -0.215. The molecule has 3 rings (SSSR count). The van der Waals surface area contributed by atoms with Crippen molar-refractivity contribution in [2.45, 2.75) is 16.6 Å². The molecule has 1 atom stereocenters. The molecule has 0 saturated heterocycles. The van der Waals surface area contributed by atoms with Crippen LogP contribution in [-0.4, -0.2) is 11.8 Å². The number of nitrogens with one attached hydrogen (secondary N) is 1. The van der Waals surface area contributed by atoms with Crippen molar-refractivity contribution in [3.63, 3.8) is 0 Å². The van der Waals surface area contributed by atoms with Gasteiger partial charge in [0.2, 0.25) is 0 Å². The van der Waals surface area contributed by atoms with E-state index >= 15 is 0 Å². The smallest absolute Gasteiger partial charge is 0.125 e. The Kier molecular flexibility index (Phi) is 3.80. The molecule has 1 aliphatic heterocycles. The summed E-state index contributed by atoms with van der Waals surface area (Å²) in [6.07, 6.45) is 1.07.